The third-order valence-corrected chi connectivity index (χ3v) is 2.87. The van der Waals surface area contributed by atoms with Crippen LogP contribution in [0.2, 0.25) is 5.02 Å². The molecule has 2 rings (SSSR count). The number of hydrogen-bond acceptors (Lipinski definition) is 2. The smallest absolute Gasteiger partial charge is 0.141 e. The van der Waals surface area contributed by atoms with Gasteiger partial charge >= 0.3 is 0 Å². The number of ether oxygens (including phenoxy) is 1. The molecule has 0 N–H and O–H groups in total. The summed E-state index contributed by atoms with van der Waals surface area (Å²) < 4.78 is 18.2. The minimum Gasteiger partial charge on any atom is -0.497 e. The average molecular weight is 262 g/mol. The van der Waals surface area contributed by atoms with Gasteiger partial charge in [-0.3, -0.25) is 0 Å². The van der Waals surface area contributed by atoms with Crippen molar-refractivity contribution in [3.63, 3.8) is 0 Å². The molecule has 0 aliphatic carbocycles. The number of nitrogens with zero attached hydrogens (tertiary/aromatic N) is 1. The van der Waals surface area contributed by atoms with E-state index in [4.69, 9.17) is 21.6 Å². The minimum atomic E-state index is -0.484. The summed E-state index contributed by atoms with van der Waals surface area (Å²) >= 11 is 5.74. The minimum absolute atomic E-state index is 0.0270. The maximum absolute atomic E-state index is 13.1. The second-order valence-electron chi connectivity index (χ2n) is 3.65. The summed E-state index contributed by atoms with van der Waals surface area (Å²) in [6.45, 7) is 0. The Morgan fingerprint density at radius 3 is 2.61 bits per heavy atom. The summed E-state index contributed by atoms with van der Waals surface area (Å²) in [6.07, 6.45) is 0. The van der Waals surface area contributed by atoms with Crippen molar-refractivity contribution in [1.29, 1.82) is 5.26 Å². The first-order valence-corrected chi connectivity index (χ1v) is 5.57. The molecule has 0 unspecified atom stereocenters. The van der Waals surface area contributed by atoms with Crippen LogP contribution in [0.25, 0.3) is 11.1 Å². The van der Waals surface area contributed by atoms with Crippen molar-refractivity contribution in [1.82, 2.24) is 0 Å². The second kappa shape index (κ2) is 5.07. The molecule has 0 bridgehead atoms. The fourth-order valence-corrected chi connectivity index (χ4v) is 1.83. The van der Waals surface area contributed by atoms with E-state index in [0.29, 0.717) is 22.4 Å². The van der Waals surface area contributed by atoms with Crippen LogP contribution >= 0.6 is 11.6 Å². The molecular formula is C14H9ClFNO. The van der Waals surface area contributed by atoms with Crippen LogP contribution in [0.1, 0.15) is 5.56 Å². The molecular weight excluding hydrogens is 253 g/mol. The van der Waals surface area contributed by atoms with Gasteiger partial charge in [-0.1, -0.05) is 17.7 Å². The Labute approximate surface area is 109 Å². The van der Waals surface area contributed by atoms with E-state index < -0.39 is 5.82 Å². The fraction of sp³-hybridized carbons (Fsp3) is 0.0714. The molecule has 2 aromatic carbocycles. The van der Waals surface area contributed by atoms with E-state index in [2.05, 4.69) is 6.07 Å². The second-order valence-corrected chi connectivity index (χ2v) is 4.06. The van der Waals surface area contributed by atoms with Crippen molar-refractivity contribution < 1.29 is 9.13 Å². The zero-order valence-electron chi connectivity index (χ0n) is 9.58. The van der Waals surface area contributed by atoms with Gasteiger partial charge in [-0.05, 0) is 35.9 Å². The summed E-state index contributed by atoms with van der Waals surface area (Å²) in [5.74, 6) is 0.145. The van der Waals surface area contributed by atoms with Crippen LogP contribution in [0.15, 0.2) is 36.4 Å². The summed E-state index contributed by atoms with van der Waals surface area (Å²) in [5.41, 5.74) is 1.83. The summed E-state index contributed by atoms with van der Waals surface area (Å²) in [6, 6.07) is 11.5. The van der Waals surface area contributed by atoms with Gasteiger partial charge in [0, 0.05) is 5.56 Å². The van der Waals surface area contributed by atoms with Crippen molar-refractivity contribution in [2.45, 2.75) is 0 Å². The molecule has 0 heterocycles. The van der Waals surface area contributed by atoms with Crippen molar-refractivity contribution in [2.24, 2.45) is 0 Å². The molecule has 0 aliphatic rings. The highest BCUT2D eigenvalue weighted by Crippen LogP contribution is 2.30. The largest absolute Gasteiger partial charge is 0.497 e. The molecule has 0 aliphatic heterocycles. The highest BCUT2D eigenvalue weighted by molar-refractivity contribution is 6.31. The highest BCUT2D eigenvalue weighted by Gasteiger charge is 2.09. The van der Waals surface area contributed by atoms with E-state index in [0.717, 1.165) is 0 Å². The first kappa shape index (κ1) is 12.4. The molecule has 0 atom stereocenters. The van der Waals surface area contributed by atoms with E-state index in [9.17, 15) is 4.39 Å². The molecule has 0 spiro atoms. The first-order valence-electron chi connectivity index (χ1n) is 5.19. The summed E-state index contributed by atoms with van der Waals surface area (Å²) in [5, 5.41) is 9.10. The monoisotopic (exact) mass is 261 g/mol. The maximum atomic E-state index is 13.1. The van der Waals surface area contributed by atoms with Crippen LogP contribution in [-0.2, 0) is 0 Å². The first-order chi connectivity index (χ1) is 8.65. The molecule has 4 heteroatoms. The fourth-order valence-electron chi connectivity index (χ4n) is 1.65. The number of halogens is 2. The predicted octanol–water partition coefficient (Wildman–Crippen LogP) is 4.03. The van der Waals surface area contributed by atoms with Gasteiger partial charge in [-0.15, -0.1) is 0 Å². The van der Waals surface area contributed by atoms with Crippen molar-refractivity contribution in [3.8, 4) is 22.9 Å². The Kier molecular flexibility index (Phi) is 3.50. The van der Waals surface area contributed by atoms with Crippen LogP contribution in [0.5, 0.6) is 5.75 Å². The Hall–Kier alpha value is -2.05. The van der Waals surface area contributed by atoms with Crippen LogP contribution in [0, 0.1) is 17.1 Å². The van der Waals surface area contributed by atoms with Gasteiger partial charge in [0.2, 0.25) is 0 Å². The predicted molar refractivity (Wildman–Crippen MR) is 68.1 cm³/mol. The molecule has 90 valence electrons. The average Bonchev–Trinajstić information content (AvgIpc) is 2.41. The van der Waals surface area contributed by atoms with E-state index in [1.165, 1.54) is 12.1 Å². The van der Waals surface area contributed by atoms with Gasteiger partial charge in [-0.25, -0.2) is 4.39 Å². The van der Waals surface area contributed by atoms with Crippen molar-refractivity contribution >= 4 is 11.6 Å². The Morgan fingerprint density at radius 2 is 2.00 bits per heavy atom. The van der Waals surface area contributed by atoms with E-state index >= 15 is 0 Å². The molecule has 2 nitrogen and oxygen atoms in total. The standard InChI is InChI=1S/C14H9ClFNO/c1-18-11-4-2-10(8-17)12(7-11)9-3-5-14(16)13(15)6-9/h2-7H,1H3. The number of hydrogen-bond donors (Lipinski definition) is 0. The van der Waals surface area contributed by atoms with Gasteiger partial charge in [0.25, 0.3) is 0 Å². The van der Waals surface area contributed by atoms with Gasteiger partial charge in [0.15, 0.2) is 0 Å². The molecule has 0 amide bonds. The lowest BCUT2D eigenvalue weighted by Crippen LogP contribution is -1.89. The molecule has 0 saturated carbocycles. The third kappa shape index (κ3) is 2.29. The van der Waals surface area contributed by atoms with Crippen LogP contribution in [0.3, 0.4) is 0 Å². The molecule has 0 saturated heterocycles. The maximum Gasteiger partial charge on any atom is 0.141 e. The van der Waals surface area contributed by atoms with E-state index in [1.807, 2.05) is 0 Å². The lowest BCUT2D eigenvalue weighted by Gasteiger charge is -2.07. The molecule has 2 aromatic rings. The van der Waals surface area contributed by atoms with Crippen molar-refractivity contribution in [2.75, 3.05) is 7.11 Å². The lowest BCUT2D eigenvalue weighted by molar-refractivity contribution is 0.415. The van der Waals surface area contributed by atoms with Gasteiger partial charge < -0.3 is 4.74 Å². The van der Waals surface area contributed by atoms with Crippen LogP contribution in [0.4, 0.5) is 4.39 Å². The number of methoxy groups -OCH3 is 1. The zero-order chi connectivity index (χ0) is 13.1. The molecule has 0 aromatic heterocycles. The van der Waals surface area contributed by atoms with E-state index in [-0.39, 0.29) is 5.02 Å². The number of benzene rings is 2. The SMILES string of the molecule is COc1ccc(C#N)c(-c2ccc(F)c(Cl)c2)c1. The Balaban J connectivity index is 2.61. The van der Waals surface area contributed by atoms with Gasteiger partial charge in [0.1, 0.15) is 11.6 Å². The normalized spacial score (nSPS) is 9.89. The Morgan fingerprint density at radius 1 is 1.22 bits per heavy atom. The van der Waals surface area contributed by atoms with Crippen molar-refractivity contribution in [3.05, 3.63) is 52.8 Å². The van der Waals surface area contributed by atoms with Gasteiger partial charge in [0.05, 0.1) is 23.8 Å². The number of rotatable bonds is 2. The summed E-state index contributed by atoms with van der Waals surface area (Å²) in [7, 11) is 1.54. The summed E-state index contributed by atoms with van der Waals surface area (Å²) in [4.78, 5) is 0. The number of nitriles is 1. The zero-order valence-corrected chi connectivity index (χ0v) is 10.3. The van der Waals surface area contributed by atoms with Crippen LogP contribution in [-0.4, -0.2) is 7.11 Å². The molecule has 0 radical (unpaired) electrons. The molecule has 0 fully saturated rings. The van der Waals surface area contributed by atoms with Crippen LogP contribution < -0.4 is 4.74 Å². The highest BCUT2D eigenvalue weighted by atomic mass is 35.5. The Bertz CT molecular complexity index is 634. The quantitative estimate of drug-likeness (QED) is 0.818. The third-order valence-electron chi connectivity index (χ3n) is 2.58. The van der Waals surface area contributed by atoms with Gasteiger partial charge in [-0.2, -0.15) is 5.26 Å². The lowest BCUT2D eigenvalue weighted by atomic mass is 10.00. The molecule has 18 heavy (non-hydrogen) atoms. The topological polar surface area (TPSA) is 33.0 Å². The van der Waals surface area contributed by atoms with E-state index in [1.54, 1.807) is 31.4 Å².